The molecule has 1 aromatic rings. The summed E-state index contributed by atoms with van der Waals surface area (Å²) in [5, 5.41) is 8.30. The lowest BCUT2D eigenvalue weighted by Crippen LogP contribution is -2.56. The van der Waals surface area contributed by atoms with E-state index in [1.807, 2.05) is 0 Å². The van der Waals surface area contributed by atoms with E-state index in [0.717, 1.165) is 32.0 Å². The Bertz CT molecular complexity index is 438. The molecule has 0 aliphatic carbocycles. The van der Waals surface area contributed by atoms with Crippen LogP contribution in [0, 0.1) is 5.92 Å². The highest BCUT2D eigenvalue weighted by Gasteiger charge is 2.28. The van der Waals surface area contributed by atoms with Crippen molar-refractivity contribution in [3.63, 3.8) is 0 Å². The Morgan fingerprint density at radius 3 is 2.71 bits per heavy atom. The first-order chi connectivity index (χ1) is 10.0. The van der Waals surface area contributed by atoms with Crippen LogP contribution in [0.3, 0.4) is 0 Å². The van der Waals surface area contributed by atoms with Gasteiger partial charge >= 0.3 is 0 Å². The van der Waals surface area contributed by atoms with Crippen molar-refractivity contribution < 1.29 is 0 Å². The fourth-order valence-corrected chi connectivity index (χ4v) is 3.27. The standard InChI is InChI=1S/C17H32N4/c1-6-14-9-17(20(5)19-14)12-21-11-15(7-2)18-10-16(21)8-13(3)4/h9,13,15-16,18H,6-8,10-12H2,1-5H3. The predicted octanol–water partition coefficient (Wildman–Crippen LogP) is 2.58. The van der Waals surface area contributed by atoms with Crippen molar-refractivity contribution >= 4 is 0 Å². The molecule has 1 aliphatic rings. The predicted molar refractivity (Wildman–Crippen MR) is 88.3 cm³/mol. The maximum absolute atomic E-state index is 4.59. The number of rotatable bonds is 6. The summed E-state index contributed by atoms with van der Waals surface area (Å²) in [6, 6.07) is 3.55. The molecule has 2 unspecified atom stereocenters. The van der Waals surface area contributed by atoms with Crippen molar-refractivity contribution in [2.45, 2.75) is 65.6 Å². The fraction of sp³-hybridized carbons (Fsp3) is 0.824. The molecule has 21 heavy (non-hydrogen) atoms. The Morgan fingerprint density at radius 1 is 1.38 bits per heavy atom. The largest absolute Gasteiger partial charge is 0.311 e. The average molecular weight is 292 g/mol. The molecule has 0 bridgehead atoms. The van der Waals surface area contributed by atoms with E-state index in [1.54, 1.807) is 0 Å². The number of hydrogen-bond acceptors (Lipinski definition) is 3. The van der Waals surface area contributed by atoms with Crippen LogP contribution in [0.2, 0.25) is 0 Å². The van der Waals surface area contributed by atoms with E-state index in [-0.39, 0.29) is 0 Å². The lowest BCUT2D eigenvalue weighted by atomic mass is 9.98. The first-order valence-electron chi connectivity index (χ1n) is 8.52. The SMILES string of the molecule is CCc1cc(CN2CC(CC)NCC2CC(C)C)n(C)n1. The Hall–Kier alpha value is -0.870. The number of nitrogens with one attached hydrogen (secondary N) is 1. The summed E-state index contributed by atoms with van der Waals surface area (Å²) in [5.41, 5.74) is 2.55. The van der Waals surface area contributed by atoms with Crippen LogP contribution >= 0.6 is 0 Å². The van der Waals surface area contributed by atoms with Gasteiger partial charge in [-0.2, -0.15) is 5.10 Å². The van der Waals surface area contributed by atoms with Gasteiger partial charge in [-0.05, 0) is 31.2 Å². The molecule has 120 valence electrons. The second-order valence-electron chi connectivity index (χ2n) is 6.83. The molecular formula is C17H32N4. The van der Waals surface area contributed by atoms with E-state index in [1.165, 1.54) is 24.2 Å². The Morgan fingerprint density at radius 2 is 2.14 bits per heavy atom. The molecule has 1 aliphatic heterocycles. The normalized spacial score (nSPS) is 23.9. The quantitative estimate of drug-likeness (QED) is 0.875. The van der Waals surface area contributed by atoms with Crippen LogP contribution in [-0.2, 0) is 20.0 Å². The maximum Gasteiger partial charge on any atom is 0.0625 e. The van der Waals surface area contributed by atoms with Gasteiger partial charge in [0.15, 0.2) is 0 Å². The van der Waals surface area contributed by atoms with Gasteiger partial charge in [0.1, 0.15) is 0 Å². The van der Waals surface area contributed by atoms with E-state index in [2.05, 4.69) is 60.8 Å². The highest BCUT2D eigenvalue weighted by atomic mass is 15.3. The summed E-state index contributed by atoms with van der Waals surface area (Å²) in [4.78, 5) is 2.67. The molecule has 4 heteroatoms. The molecule has 1 saturated heterocycles. The van der Waals surface area contributed by atoms with Gasteiger partial charge < -0.3 is 5.32 Å². The van der Waals surface area contributed by atoms with Crippen molar-refractivity contribution in [3.05, 3.63) is 17.5 Å². The van der Waals surface area contributed by atoms with Gasteiger partial charge in [-0.3, -0.25) is 9.58 Å². The Kier molecular flexibility index (Phi) is 5.82. The van der Waals surface area contributed by atoms with E-state index < -0.39 is 0 Å². The molecule has 2 rings (SSSR count). The topological polar surface area (TPSA) is 33.1 Å². The van der Waals surface area contributed by atoms with Gasteiger partial charge in [0.25, 0.3) is 0 Å². The van der Waals surface area contributed by atoms with E-state index in [4.69, 9.17) is 0 Å². The summed E-state index contributed by atoms with van der Waals surface area (Å²) in [5.74, 6) is 0.746. The van der Waals surface area contributed by atoms with E-state index in [0.29, 0.717) is 12.1 Å². The molecule has 1 aromatic heterocycles. The average Bonchev–Trinajstić information content (AvgIpc) is 2.81. The summed E-state index contributed by atoms with van der Waals surface area (Å²) < 4.78 is 2.06. The monoisotopic (exact) mass is 292 g/mol. The Balaban J connectivity index is 2.09. The zero-order valence-electron chi connectivity index (χ0n) is 14.4. The van der Waals surface area contributed by atoms with Crippen LogP contribution < -0.4 is 5.32 Å². The van der Waals surface area contributed by atoms with Crippen molar-refractivity contribution in [1.82, 2.24) is 20.0 Å². The third-order valence-corrected chi connectivity index (χ3v) is 4.60. The summed E-state index contributed by atoms with van der Waals surface area (Å²) in [6.07, 6.45) is 3.49. The number of hydrogen-bond donors (Lipinski definition) is 1. The molecule has 0 amide bonds. The molecule has 2 atom stereocenters. The number of aromatic nitrogens is 2. The van der Waals surface area contributed by atoms with Crippen LogP contribution in [0.25, 0.3) is 0 Å². The minimum absolute atomic E-state index is 0.632. The summed E-state index contributed by atoms with van der Waals surface area (Å²) >= 11 is 0. The minimum Gasteiger partial charge on any atom is -0.311 e. The Labute approximate surface area is 129 Å². The second-order valence-corrected chi connectivity index (χ2v) is 6.83. The van der Waals surface area contributed by atoms with Gasteiger partial charge in [0.2, 0.25) is 0 Å². The molecule has 2 heterocycles. The fourth-order valence-electron chi connectivity index (χ4n) is 3.27. The van der Waals surface area contributed by atoms with Gasteiger partial charge in [-0.15, -0.1) is 0 Å². The first-order valence-corrected chi connectivity index (χ1v) is 8.52. The number of piperazine rings is 1. The van der Waals surface area contributed by atoms with Crippen LogP contribution in [0.15, 0.2) is 6.07 Å². The first kappa shape index (κ1) is 16.5. The van der Waals surface area contributed by atoms with Gasteiger partial charge in [0, 0.05) is 38.8 Å². The van der Waals surface area contributed by atoms with Crippen LogP contribution in [0.5, 0.6) is 0 Å². The van der Waals surface area contributed by atoms with Crippen LogP contribution in [0.1, 0.15) is 51.9 Å². The summed E-state index contributed by atoms with van der Waals surface area (Å²) in [7, 11) is 2.07. The molecule has 1 fully saturated rings. The molecule has 0 radical (unpaired) electrons. The second kappa shape index (κ2) is 7.41. The maximum atomic E-state index is 4.59. The molecule has 4 nitrogen and oxygen atoms in total. The van der Waals surface area contributed by atoms with E-state index >= 15 is 0 Å². The molecule has 1 N–H and O–H groups in total. The van der Waals surface area contributed by atoms with Gasteiger partial charge in [-0.1, -0.05) is 27.7 Å². The molecule has 0 spiro atoms. The third-order valence-electron chi connectivity index (χ3n) is 4.60. The van der Waals surface area contributed by atoms with Crippen molar-refractivity contribution in [2.75, 3.05) is 13.1 Å². The summed E-state index contributed by atoms with van der Waals surface area (Å²) in [6.45, 7) is 12.4. The van der Waals surface area contributed by atoms with Gasteiger partial charge in [-0.25, -0.2) is 0 Å². The van der Waals surface area contributed by atoms with Gasteiger partial charge in [0.05, 0.1) is 11.4 Å². The lowest BCUT2D eigenvalue weighted by Gasteiger charge is -2.41. The molecule has 0 saturated carbocycles. The van der Waals surface area contributed by atoms with E-state index in [9.17, 15) is 0 Å². The van der Waals surface area contributed by atoms with Crippen LogP contribution in [-0.4, -0.2) is 39.9 Å². The molecule has 0 aromatic carbocycles. The number of aryl methyl sites for hydroxylation is 2. The van der Waals surface area contributed by atoms with Crippen molar-refractivity contribution in [1.29, 1.82) is 0 Å². The lowest BCUT2D eigenvalue weighted by molar-refractivity contribution is 0.103. The molecular weight excluding hydrogens is 260 g/mol. The zero-order valence-corrected chi connectivity index (χ0v) is 14.4. The number of nitrogens with zero attached hydrogens (tertiary/aromatic N) is 3. The zero-order chi connectivity index (χ0) is 15.4. The van der Waals surface area contributed by atoms with Crippen molar-refractivity contribution in [2.24, 2.45) is 13.0 Å². The van der Waals surface area contributed by atoms with Crippen molar-refractivity contribution in [3.8, 4) is 0 Å². The third kappa shape index (κ3) is 4.30. The van der Waals surface area contributed by atoms with Crippen LogP contribution in [0.4, 0.5) is 0 Å². The minimum atomic E-state index is 0.632. The highest BCUT2D eigenvalue weighted by Crippen LogP contribution is 2.19. The highest BCUT2D eigenvalue weighted by molar-refractivity contribution is 5.10. The smallest absolute Gasteiger partial charge is 0.0625 e.